The molecule has 9 heteroatoms. The summed E-state index contributed by atoms with van der Waals surface area (Å²) in [5, 5.41) is 2.65. The molecule has 2 aliphatic heterocycles. The number of hydrogen-bond acceptors (Lipinski definition) is 4. The van der Waals surface area contributed by atoms with Crippen molar-refractivity contribution in [2.24, 2.45) is 0 Å². The van der Waals surface area contributed by atoms with Crippen molar-refractivity contribution in [3.63, 3.8) is 0 Å². The van der Waals surface area contributed by atoms with E-state index in [1.807, 2.05) is 12.1 Å². The molecule has 4 rings (SSSR count). The fraction of sp³-hybridized carbons (Fsp3) is 0.391. The molecule has 2 fully saturated rings. The standard InChI is InChI=1S/C23H23F3N2O3S/c1-32-18-7-8-19(20(10-18)23(24,25)26)15-4-2-14(3-5-15)16-11-28(12-16)21(29)9-6-17-13-31-22(30)27-17/h2-5,7-8,10,16-17H,6,9,11-13H2,1H3,(H,27,30). The number of benzene rings is 2. The van der Waals surface area contributed by atoms with Crippen LogP contribution in [0.4, 0.5) is 18.0 Å². The van der Waals surface area contributed by atoms with Crippen LogP contribution in [0.5, 0.6) is 0 Å². The highest BCUT2D eigenvalue weighted by molar-refractivity contribution is 7.98. The molecule has 0 aliphatic carbocycles. The van der Waals surface area contributed by atoms with Crippen molar-refractivity contribution >= 4 is 23.8 Å². The second-order valence-corrected chi connectivity index (χ2v) is 8.88. The lowest BCUT2D eigenvalue weighted by molar-refractivity contribution is -0.137. The average molecular weight is 465 g/mol. The molecule has 2 amide bonds. The molecule has 2 aliphatic rings. The van der Waals surface area contributed by atoms with Crippen molar-refractivity contribution < 1.29 is 27.5 Å². The zero-order chi connectivity index (χ0) is 22.9. The van der Waals surface area contributed by atoms with Gasteiger partial charge in [0.2, 0.25) is 5.91 Å². The summed E-state index contributed by atoms with van der Waals surface area (Å²) >= 11 is 1.28. The Hall–Kier alpha value is -2.68. The summed E-state index contributed by atoms with van der Waals surface area (Å²) in [6, 6.07) is 11.4. The van der Waals surface area contributed by atoms with Gasteiger partial charge in [0, 0.05) is 30.3 Å². The van der Waals surface area contributed by atoms with E-state index in [2.05, 4.69) is 5.32 Å². The van der Waals surface area contributed by atoms with E-state index in [-0.39, 0.29) is 30.0 Å². The number of thioether (sulfide) groups is 1. The lowest BCUT2D eigenvalue weighted by atomic mass is 9.89. The van der Waals surface area contributed by atoms with E-state index in [9.17, 15) is 22.8 Å². The van der Waals surface area contributed by atoms with Gasteiger partial charge in [0.15, 0.2) is 0 Å². The van der Waals surface area contributed by atoms with Crippen LogP contribution in [0.25, 0.3) is 11.1 Å². The number of carbonyl (C=O) groups is 2. The lowest BCUT2D eigenvalue weighted by Gasteiger charge is -2.40. The molecule has 2 saturated heterocycles. The topological polar surface area (TPSA) is 58.6 Å². The highest BCUT2D eigenvalue weighted by Crippen LogP contribution is 2.39. The zero-order valence-electron chi connectivity index (χ0n) is 17.4. The van der Waals surface area contributed by atoms with Crippen molar-refractivity contribution in [3.8, 4) is 11.1 Å². The number of nitrogens with zero attached hydrogens (tertiary/aromatic N) is 1. The van der Waals surface area contributed by atoms with Crippen LogP contribution in [0.3, 0.4) is 0 Å². The minimum absolute atomic E-state index is 0.0303. The molecular weight excluding hydrogens is 441 g/mol. The quantitative estimate of drug-likeness (QED) is 0.618. The summed E-state index contributed by atoms with van der Waals surface area (Å²) in [5.41, 5.74) is 1.04. The van der Waals surface area contributed by atoms with Gasteiger partial charge in [0.1, 0.15) is 6.61 Å². The third-order valence-corrected chi connectivity index (χ3v) is 6.63. The number of hydrogen-bond donors (Lipinski definition) is 1. The maximum absolute atomic E-state index is 13.5. The van der Waals surface area contributed by atoms with Crippen LogP contribution in [-0.4, -0.2) is 48.9 Å². The maximum atomic E-state index is 13.5. The van der Waals surface area contributed by atoms with E-state index >= 15 is 0 Å². The van der Waals surface area contributed by atoms with E-state index in [1.165, 1.54) is 23.9 Å². The minimum Gasteiger partial charge on any atom is -0.447 e. The molecule has 1 unspecified atom stereocenters. The Kier molecular flexibility index (Phi) is 6.37. The van der Waals surface area contributed by atoms with Gasteiger partial charge in [-0.05, 0) is 41.5 Å². The summed E-state index contributed by atoms with van der Waals surface area (Å²) < 4.78 is 45.5. The number of halogens is 3. The second kappa shape index (κ2) is 9.05. The number of nitrogens with one attached hydrogen (secondary N) is 1. The van der Waals surface area contributed by atoms with Gasteiger partial charge in [-0.1, -0.05) is 30.3 Å². The van der Waals surface area contributed by atoms with E-state index in [0.717, 1.165) is 5.56 Å². The smallest absolute Gasteiger partial charge is 0.417 e. The number of amides is 2. The number of carbonyl (C=O) groups excluding carboxylic acids is 2. The van der Waals surface area contributed by atoms with Crippen molar-refractivity contribution in [2.45, 2.75) is 35.9 Å². The maximum Gasteiger partial charge on any atom is 0.417 e. The molecule has 32 heavy (non-hydrogen) atoms. The fourth-order valence-electron chi connectivity index (χ4n) is 4.00. The summed E-state index contributed by atoms with van der Waals surface area (Å²) in [5.74, 6) is 0.200. The molecule has 0 spiro atoms. The third kappa shape index (κ3) is 4.87. The molecular formula is C23H23F3N2O3S. The van der Waals surface area contributed by atoms with Crippen LogP contribution in [-0.2, 0) is 15.7 Å². The first-order valence-electron chi connectivity index (χ1n) is 10.3. The Bertz CT molecular complexity index is 1000. The molecule has 0 aromatic heterocycles. The Labute approximate surface area is 188 Å². The van der Waals surface area contributed by atoms with Crippen LogP contribution in [0, 0.1) is 0 Å². The third-order valence-electron chi connectivity index (χ3n) is 5.90. The average Bonchev–Trinajstić information content (AvgIpc) is 3.16. The molecule has 1 atom stereocenters. The number of cyclic esters (lactones) is 1. The first-order chi connectivity index (χ1) is 15.2. The van der Waals surface area contributed by atoms with Gasteiger partial charge in [-0.3, -0.25) is 4.79 Å². The minimum atomic E-state index is -4.43. The van der Waals surface area contributed by atoms with Crippen LogP contribution >= 0.6 is 11.8 Å². The largest absolute Gasteiger partial charge is 0.447 e. The Morgan fingerprint density at radius 2 is 1.91 bits per heavy atom. The lowest BCUT2D eigenvalue weighted by Crippen LogP contribution is -2.48. The fourth-order valence-corrected chi connectivity index (χ4v) is 4.44. The van der Waals surface area contributed by atoms with Crippen LogP contribution in [0.1, 0.15) is 29.9 Å². The number of alkyl halides is 3. The molecule has 2 heterocycles. The summed E-state index contributed by atoms with van der Waals surface area (Å²) in [6.07, 6.45) is -2.25. The molecule has 1 N–H and O–H groups in total. The molecule has 2 aromatic rings. The Balaban J connectivity index is 1.36. The van der Waals surface area contributed by atoms with Gasteiger partial charge in [-0.2, -0.15) is 13.2 Å². The van der Waals surface area contributed by atoms with E-state index in [4.69, 9.17) is 4.74 Å². The predicted molar refractivity (Wildman–Crippen MR) is 115 cm³/mol. The first-order valence-corrected chi connectivity index (χ1v) is 11.5. The van der Waals surface area contributed by atoms with Gasteiger partial charge in [0.25, 0.3) is 0 Å². The van der Waals surface area contributed by atoms with E-state index in [0.29, 0.717) is 36.4 Å². The predicted octanol–water partition coefficient (Wildman–Crippen LogP) is 4.91. The van der Waals surface area contributed by atoms with Crippen molar-refractivity contribution in [1.29, 1.82) is 0 Å². The zero-order valence-corrected chi connectivity index (χ0v) is 18.3. The van der Waals surface area contributed by atoms with Gasteiger partial charge in [-0.25, -0.2) is 4.79 Å². The van der Waals surface area contributed by atoms with E-state index < -0.39 is 17.8 Å². The van der Waals surface area contributed by atoms with Crippen LogP contribution in [0.15, 0.2) is 47.4 Å². The first kappa shape index (κ1) is 22.5. The number of rotatable bonds is 6. The molecule has 0 saturated carbocycles. The molecule has 0 bridgehead atoms. The van der Waals surface area contributed by atoms with Gasteiger partial charge < -0.3 is 15.0 Å². The van der Waals surface area contributed by atoms with Crippen molar-refractivity contribution in [1.82, 2.24) is 10.2 Å². The molecule has 170 valence electrons. The summed E-state index contributed by atoms with van der Waals surface area (Å²) in [7, 11) is 0. The summed E-state index contributed by atoms with van der Waals surface area (Å²) in [4.78, 5) is 25.7. The van der Waals surface area contributed by atoms with Gasteiger partial charge >= 0.3 is 12.3 Å². The normalized spacial score (nSPS) is 18.8. The molecule has 0 radical (unpaired) electrons. The van der Waals surface area contributed by atoms with Crippen LogP contribution < -0.4 is 5.32 Å². The van der Waals surface area contributed by atoms with Gasteiger partial charge in [-0.15, -0.1) is 11.8 Å². The Morgan fingerprint density at radius 3 is 2.50 bits per heavy atom. The highest BCUT2D eigenvalue weighted by atomic mass is 32.2. The number of likely N-dealkylation sites (tertiary alicyclic amines) is 1. The van der Waals surface area contributed by atoms with Crippen molar-refractivity contribution in [2.75, 3.05) is 26.0 Å². The highest BCUT2D eigenvalue weighted by Gasteiger charge is 2.35. The monoisotopic (exact) mass is 464 g/mol. The van der Waals surface area contributed by atoms with Crippen LogP contribution in [0.2, 0.25) is 0 Å². The Morgan fingerprint density at radius 1 is 1.19 bits per heavy atom. The van der Waals surface area contributed by atoms with E-state index in [1.54, 1.807) is 29.4 Å². The van der Waals surface area contributed by atoms with Gasteiger partial charge in [0.05, 0.1) is 11.6 Å². The number of ether oxygens (including phenoxy) is 1. The molecule has 2 aromatic carbocycles. The molecule has 5 nitrogen and oxygen atoms in total. The second-order valence-electron chi connectivity index (χ2n) is 8.01. The SMILES string of the molecule is CSc1ccc(-c2ccc(C3CN(C(=O)CCC4COC(=O)N4)C3)cc2)c(C(F)(F)F)c1. The van der Waals surface area contributed by atoms with Crippen molar-refractivity contribution in [3.05, 3.63) is 53.6 Å². The number of alkyl carbamates (subject to hydrolysis) is 1. The summed E-state index contributed by atoms with van der Waals surface area (Å²) in [6.45, 7) is 1.46.